The second-order valence-electron chi connectivity index (χ2n) is 2.32. The molecule has 1 aromatic carbocycles. The molecule has 0 aliphatic rings. The number of amidine groups is 1. The average molecular weight is 271 g/mol. The summed E-state index contributed by atoms with van der Waals surface area (Å²) < 4.78 is 14.2. The summed E-state index contributed by atoms with van der Waals surface area (Å²) in [6, 6.07) is 9.02. The lowest BCUT2D eigenvalue weighted by Crippen LogP contribution is -2.02. The largest absolute Gasteiger partial charge is 0.366 e. The molecule has 0 aliphatic carbocycles. The molecule has 1 rings (SSSR count). The Bertz CT molecular complexity index is 376. The van der Waals surface area contributed by atoms with Crippen LogP contribution in [0.15, 0.2) is 35.1 Å². The van der Waals surface area contributed by atoms with Gasteiger partial charge in [0.05, 0.1) is 0 Å². The van der Waals surface area contributed by atoms with Gasteiger partial charge in [-0.25, -0.2) is 0 Å². The number of halogens is 3. The Kier molecular flexibility index (Phi) is 4.27. The van der Waals surface area contributed by atoms with E-state index in [-0.39, 0.29) is 5.29 Å². The van der Waals surface area contributed by atoms with Crippen molar-refractivity contribution in [3.8, 4) is 0 Å². The first-order valence-corrected chi connectivity index (χ1v) is 7.39. The summed E-state index contributed by atoms with van der Waals surface area (Å²) in [5, 5.41) is 2.57. The van der Waals surface area contributed by atoms with Gasteiger partial charge in [0.25, 0.3) is 0 Å². The molecule has 0 saturated carbocycles. The first-order chi connectivity index (χ1) is 6.47. The van der Waals surface area contributed by atoms with Crippen LogP contribution in [-0.4, -0.2) is 5.29 Å². The van der Waals surface area contributed by atoms with Crippen LogP contribution in [0, 0.1) is 0 Å². The molecule has 7 heteroatoms. The van der Waals surface area contributed by atoms with Crippen molar-refractivity contribution in [2.75, 3.05) is 5.32 Å². The number of hydrogen-bond acceptors (Lipinski definition) is 1. The van der Waals surface area contributed by atoms with E-state index in [1.807, 2.05) is 18.2 Å². The quantitative estimate of drug-likeness (QED) is 0.377. The number of nitrogens with zero attached hydrogens (tertiary/aromatic N) is 1. The molecule has 76 valence electrons. The maximum Gasteiger partial charge on any atom is 0.366 e. The summed E-state index contributed by atoms with van der Waals surface area (Å²) in [6.45, 7) is 0. The van der Waals surface area contributed by atoms with Gasteiger partial charge in [-0.2, -0.15) is 4.76 Å². The molecule has 0 spiro atoms. The van der Waals surface area contributed by atoms with Crippen LogP contribution in [0.25, 0.3) is 0 Å². The molecule has 0 atom stereocenters. The van der Waals surface area contributed by atoms with Crippen molar-refractivity contribution in [2.45, 2.75) is 0 Å². The van der Waals surface area contributed by atoms with Crippen molar-refractivity contribution >= 4 is 51.1 Å². The van der Waals surface area contributed by atoms with Gasteiger partial charge in [0.2, 0.25) is 5.29 Å². The second kappa shape index (κ2) is 5.04. The zero-order valence-corrected chi connectivity index (χ0v) is 9.99. The Morgan fingerprint density at radius 2 is 1.86 bits per heavy atom. The third-order valence-corrected chi connectivity index (χ3v) is 2.41. The summed E-state index contributed by atoms with van der Waals surface area (Å²) in [7, 11) is 0. The van der Waals surface area contributed by atoms with Crippen molar-refractivity contribution < 1.29 is 4.57 Å². The average Bonchev–Trinajstić information content (AvgIpc) is 2.02. The minimum absolute atomic E-state index is 0.107. The van der Waals surface area contributed by atoms with E-state index >= 15 is 0 Å². The van der Waals surface area contributed by atoms with Crippen LogP contribution in [0.3, 0.4) is 0 Å². The molecule has 0 aromatic heterocycles. The Morgan fingerprint density at radius 3 is 2.36 bits per heavy atom. The summed E-state index contributed by atoms with van der Waals surface area (Å²) in [5.74, 6) is -3.52. The van der Waals surface area contributed by atoms with Crippen molar-refractivity contribution in [3.05, 3.63) is 30.3 Å². The van der Waals surface area contributed by atoms with Crippen LogP contribution >= 0.6 is 40.1 Å². The van der Waals surface area contributed by atoms with Crippen LogP contribution in [0.2, 0.25) is 0 Å². The lowest BCUT2D eigenvalue weighted by molar-refractivity contribution is 0.593. The standard InChI is InChI=1S/C7H6Cl3N2OP/c8-7(12-14(9,10)13)11-6-4-2-1-3-5-6/h1-5H,(H,11,12,13). The summed E-state index contributed by atoms with van der Waals surface area (Å²) >= 11 is 16.0. The molecule has 0 unspecified atom stereocenters. The van der Waals surface area contributed by atoms with Crippen molar-refractivity contribution in [1.82, 2.24) is 0 Å². The van der Waals surface area contributed by atoms with Gasteiger partial charge in [0.15, 0.2) is 0 Å². The van der Waals surface area contributed by atoms with Gasteiger partial charge >= 0.3 is 6.00 Å². The minimum Gasteiger partial charge on any atom is -0.330 e. The molecule has 0 bridgehead atoms. The number of para-hydroxylation sites is 1. The third-order valence-electron chi connectivity index (χ3n) is 1.23. The molecular weight excluding hydrogens is 265 g/mol. The Balaban J connectivity index is 2.72. The van der Waals surface area contributed by atoms with E-state index in [2.05, 4.69) is 10.1 Å². The lowest BCUT2D eigenvalue weighted by Gasteiger charge is -2.02. The molecule has 0 amide bonds. The molecule has 1 N–H and O–H groups in total. The van der Waals surface area contributed by atoms with E-state index in [1.54, 1.807) is 12.1 Å². The maximum atomic E-state index is 10.8. The zero-order valence-electron chi connectivity index (χ0n) is 6.82. The summed E-state index contributed by atoms with van der Waals surface area (Å²) in [6.07, 6.45) is 0. The highest BCUT2D eigenvalue weighted by Crippen LogP contribution is 2.58. The SMILES string of the molecule is O=P(Cl)(Cl)/N=C(\Cl)Nc1ccccc1. The van der Waals surface area contributed by atoms with Gasteiger partial charge in [0, 0.05) is 5.69 Å². The van der Waals surface area contributed by atoms with Crippen LogP contribution in [-0.2, 0) is 4.57 Å². The Morgan fingerprint density at radius 1 is 1.29 bits per heavy atom. The number of nitrogens with one attached hydrogen (secondary N) is 1. The maximum absolute atomic E-state index is 10.8. The van der Waals surface area contributed by atoms with Crippen LogP contribution in [0.5, 0.6) is 0 Å². The van der Waals surface area contributed by atoms with E-state index in [1.165, 1.54) is 0 Å². The van der Waals surface area contributed by atoms with Crippen molar-refractivity contribution in [1.29, 1.82) is 0 Å². The highest BCUT2D eigenvalue weighted by Gasteiger charge is 2.12. The fourth-order valence-electron chi connectivity index (χ4n) is 0.768. The van der Waals surface area contributed by atoms with Crippen LogP contribution < -0.4 is 5.32 Å². The van der Waals surface area contributed by atoms with E-state index < -0.39 is 6.00 Å². The van der Waals surface area contributed by atoms with Gasteiger partial charge in [-0.1, -0.05) is 18.2 Å². The monoisotopic (exact) mass is 270 g/mol. The van der Waals surface area contributed by atoms with E-state index in [0.717, 1.165) is 0 Å². The summed E-state index contributed by atoms with van der Waals surface area (Å²) in [5.41, 5.74) is 0.711. The molecular formula is C7H6Cl3N2OP. The topological polar surface area (TPSA) is 41.5 Å². The van der Waals surface area contributed by atoms with Gasteiger partial charge < -0.3 is 5.32 Å². The molecule has 0 aliphatic heterocycles. The molecule has 0 saturated heterocycles. The smallest absolute Gasteiger partial charge is 0.330 e. The van der Waals surface area contributed by atoms with Gasteiger partial charge in [0.1, 0.15) is 0 Å². The number of anilines is 1. The number of hydrogen-bond donors (Lipinski definition) is 1. The molecule has 14 heavy (non-hydrogen) atoms. The predicted octanol–water partition coefficient (Wildman–Crippen LogP) is 4.28. The molecule has 1 aromatic rings. The predicted molar refractivity (Wildman–Crippen MR) is 62.7 cm³/mol. The third kappa shape index (κ3) is 4.87. The van der Waals surface area contributed by atoms with Gasteiger partial charge in [-0.05, 0) is 46.2 Å². The molecule has 0 heterocycles. The van der Waals surface area contributed by atoms with Crippen LogP contribution in [0.4, 0.5) is 5.69 Å². The highest BCUT2D eigenvalue weighted by molar-refractivity contribution is 8.07. The Hall–Kier alpha value is -0.210. The molecule has 0 radical (unpaired) electrons. The fourth-order valence-corrected chi connectivity index (χ4v) is 2.14. The molecule has 3 nitrogen and oxygen atoms in total. The van der Waals surface area contributed by atoms with E-state index in [4.69, 9.17) is 34.1 Å². The summed E-state index contributed by atoms with van der Waals surface area (Å²) in [4.78, 5) is 0. The number of rotatable bonds is 2. The van der Waals surface area contributed by atoms with Crippen LogP contribution in [0.1, 0.15) is 0 Å². The minimum atomic E-state index is -3.52. The fraction of sp³-hybridized carbons (Fsp3) is 0. The van der Waals surface area contributed by atoms with Gasteiger partial charge in [-0.3, -0.25) is 4.57 Å². The first-order valence-electron chi connectivity index (χ1n) is 3.54. The van der Waals surface area contributed by atoms with Crippen molar-refractivity contribution in [2.24, 2.45) is 4.76 Å². The normalized spacial score (nSPS) is 12.6. The first kappa shape index (κ1) is 11.9. The van der Waals surface area contributed by atoms with Crippen molar-refractivity contribution in [3.63, 3.8) is 0 Å². The zero-order chi connectivity index (χ0) is 10.6. The lowest BCUT2D eigenvalue weighted by atomic mass is 10.3. The molecule has 0 fully saturated rings. The number of benzene rings is 1. The highest BCUT2D eigenvalue weighted by atomic mass is 35.9. The van der Waals surface area contributed by atoms with E-state index in [9.17, 15) is 4.57 Å². The van der Waals surface area contributed by atoms with E-state index in [0.29, 0.717) is 5.69 Å². The Labute approximate surface area is 96.1 Å². The second-order valence-corrected chi connectivity index (χ2v) is 7.01. The van der Waals surface area contributed by atoms with Gasteiger partial charge in [-0.15, -0.1) is 0 Å².